The molecule has 1 aromatic heterocycles. The highest BCUT2D eigenvalue weighted by Gasteiger charge is 2.07. The highest BCUT2D eigenvalue weighted by Crippen LogP contribution is 2.32. The van der Waals surface area contributed by atoms with Gasteiger partial charge in [0.25, 0.3) is 0 Å². The predicted octanol–water partition coefficient (Wildman–Crippen LogP) is 7.04. The van der Waals surface area contributed by atoms with Crippen molar-refractivity contribution in [2.45, 2.75) is 34.6 Å². The SMILES string of the molecule is CC.CC.CN=Nc1ccc(-c2nc3cccc(C)c3s2)cc1. The molecule has 1 heterocycles. The predicted molar refractivity (Wildman–Crippen MR) is 103 cm³/mol. The van der Waals surface area contributed by atoms with Crippen molar-refractivity contribution >= 4 is 27.2 Å². The molecule has 0 aliphatic carbocycles. The van der Waals surface area contributed by atoms with Crippen LogP contribution in [-0.2, 0) is 0 Å². The fourth-order valence-electron chi connectivity index (χ4n) is 2.00. The quantitative estimate of drug-likeness (QED) is 0.465. The molecule has 0 atom stereocenters. The number of aryl methyl sites for hydroxylation is 1. The van der Waals surface area contributed by atoms with Crippen LogP contribution in [-0.4, -0.2) is 12.0 Å². The molecule has 0 N–H and O–H groups in total. The van der Waals surface area contributed by atoms with Crippen LogP contribution in [0.2, 0.25) is 0 Å². The molecule has 4 heteroatoms. The third kappa shape index (κ3) is 4.70. The molecule has 0 aliphatic rings. The van der Waals surface area contributed by atoms with Crippen LogP contribution >= 0.6 is 11.3 Å². The largest absolute Gasteiger partial charge is 0.236 e. The molecule has 3 aromatic rings. The van der Waals surface area contributed by atoms with Crippen LogP contribution in [0.4, 0.5) is 5.69 Å². The summed E-state index contributed by atoms with van der Waals surface area (Å²) >= 11 is 1.73. The van der Waals surface area contributed by atoms with Crippen LogP contribution in [0.5, 0.6) is 0 Å². The van der Waals surface area contributed by atoms with Gasteiger partial charge in [-0.25, -0.2) is 4.98 Å². The van der Waals surface area contributed by atoms with E-state index >= 15 is 0 Å². The maximum atomic E-state index is 4.68. The van der Waals surface area contributed by atoms with Crippen molar-refractivity contribution in [3.63, 3.8) is 0 Å². The first kappa shape index (κ1) is 19.0. The van der Waals surface area contributed by atoms with Gasteiger partial charge in [0.2, 0.25) is 0 Å². The fraction of sp³-hybridized carbons (Fsp3) is 0.316. The second-order valence-electron chi connectivity index (χ2n) is 4.29. The number of hydrogen-bond donors (Lipinski definition) is 0. The number of fused-ring (bicyclic) bond motifs is 1. The number of benzene rings is 2. The first-order chi connectivity index (χ1) is 11.3. The van der Waals surface area contributed by atoms with Crippen molar-refractivity contribution in [2.75, 3.05) is 7.05 Å². The molecule has 0 unspecified atom stereocenters. The maximum absolute atomic E-state index is 4.68. The molecule has 2 aromatic carbocycles. The highest BCUT2D eigenvalue weighted by molar-refractivity contribution is 7.21. The van der Waals surface area contributed by atoms with Gasteiger partial charge in [0, 0.05) is 12.6 Å². The van der Waals surface area contributed by atoms with Gasteiger partial charge >= 0.3 is 0 Å². The van der Waals surface area contributed by atoms with Crippen LogP contribution in [0, 0.1) is 6.92 Å². The van der Waals surface area contributed by atoms with E-state index < -0.39 is 0 Å². The first-order valence-electron chi connectivity index (χ1n) is 8.04. The lowest BCUT2D eigenvalue weighted by Gasteiger charge is -1.96. The Balaban J connectivity index is 0.000000615. The van der Waals surface area contributed by atoms with Crippen molar-refractivity contribution < 1.29 is 0 Å². The van der Waals surface area contributed by atoms with Gasteiger partial charge in [0.05, 0.1) is 15.9 Å². The number of aromatic nitrogens is 1. The summed E-state index contributed by atoms with van der Waals surface area (Å²) in [6.45, 7) is 10.1. The van der Waals surface area contributed by atoms with Crippen molar-refractivity contribution in [2.24, 2.45) is 10.2 Å². The second kappa shape index (κ2) is 9.85. The summed E-state index contributed by atoms with van der Waals surface area (Å²) in [4.78, 5) is 4.68. The monoisotopic (exact) mass is 327 g/mol. The Labute approximate surface area is 143 Å². The molecule has 0 bridgehead atoms. The Morgan fingerprint density at radius 1 is 0.913 bits per heavy atom. The third-order valence-electron chi connectivity index (χ3n) is 2.94. The van der Waals surface area contributed by atoms with Gasteiger partial charge in [-0.2, -0.15) is 10.2 Å². The molecule has 0 spiro atoms. The Bertz CT molecular complexity index is 743. The minimum atomic E-state index is 0.864. The lowest BCUT2D eigenvalue weighted by molar-refractivity contribution is 1.17. The van der Waals surface area contributed by atoms with Gasteiger partial charge < -0.3 is 0 Å². The van der Waals surface area contributed by atoms with Crippen molar-refractivity contribution in [3.8, 4) is 10.6 Å². The van der Waals surface area contributed by atoms with Gasteiger partial charge in [0.1, 0.15) is 5.01 Å². The Hall–Kier alpha value is -2.07. The molecule has 0 aliphatic heterocycles. The zero-order valence-corrected chi connectivity index (χ0v) is 15.6. The van der Waals surface area contributed by atoms with Crippen molar-refractivity contribution in [1.82, 2.24) is 4.98 Å². The summed E-state index contributed by atoms with van der Waals surface area (Å²) in [5.74, 6) is 0. The molecule has 0 saturated carbocycles. The van der Waals surface area contributed by atoms with E-state index in [1.165, 1.54) is 10.3 Å². The molecule has 3 nitrogen and oxygen atoms in total. The first-order valence-corrected chi connectivity index (χ1v) is 8.86. The molecule has 3 rings (SSSR count). The normalized spacial score (nSPS) is 10.0. The topological polar surface area (TPSA) is 37.6 Å². The van der Waals surface area contributed by atoms with E-state index in [-0.39, 0.29) is 0 Å². The van der Waals surface area contributed by atoms with E-state index in [0.29, 0.717) is 0 Å². The molecule has 0 fully saturated rings. The van der Waals surface area contributed by atoms with Gasteiger partial charge in [-0.3, -0.25) is 0 Å². The summed E-state index contributed by atoms with van der Waals surface area (Å²) in [5.41, 5.74) is 4.33. The molecular formula is C19H25N3S. The minimum Gasteiger partial charge on any atom is -0.236 e. The minimum absolute atomic E-state index is 0.864. The number of hydrogen-bond acceptors (Lipinski definition) is 4. The number of rotatable bonds is 2. The van der Waals surface area contributed by atoms with Crippen LogP contribution in [0.15, 0.2) is 52.7 Å². The average molecular weight is 327 g/mol. The van der Waals surface area contributed by atoms with E-state index in [0.717, 1.165) is 21.8 Å². The lowest BCUT2D eigenvalue weighted by atomic mass is 10.2. The Kier molecular flexibility index (Phi) is 8.13. The summed E-state index contributed by atoms with van der Waals surface area (Å²) in [6, 6.07) is 14.2. The molecule has 122 valence electrons. The molecule has 0 amide bonds. The number of nitrogens with zero attached hydrogens (tertiary/aromatic N) is 3. The summed E-state index contributed by atoms with van der Waals surface area (Å²) in [6.07, 6.45) is 0. The Morgan fingerprint density at radius 2 is 1.57 bits per heavy atom. The average Bonchev–Trinajstić information content (AvgIpc) is 3.05. The molecular weight excluding hydrogens is 302 g/mol. The van der Waals surface area contributed by atoms with E-state index in [9.17, 15) is 0 Å². The van der Waals surface area contributed by atoms with Crippen LogP contribution in [0.3, 0.4) is 0 Å². The van der Waals surface area contributed by atoms with Gasteiger partial charge in [-0.05, 0) is 42.8 Å². The third-order valence-corrected chi connectivity index (χ3v) is 4.20. The zero-order chi connectivity index (χ0) is 17.2. The number of azo groups is 1. The smallest absolute Gasteiger partial charge is 0.124 e. The van der Waals surface area contributed by atoms with E-state index in [1.54, 1.807) is 18.4 Å². The molecule has 0 radical (unpaired) electrons. The van der Waals surface area contributed by atoms with Crippen LogP contribution in [0.25, 0.3) is 20.8 Å². The standard InChI is InChI=1S/C15H13N3S.2C2H6/c1-10-4-3-5-13-14(10)19-15(17-13)11-6-8-12(9-7-11)18-16-2;2*1-2/h3-9H,1-2H3;2*1-2H3. The van der Waals surface area contributed by atoms with E-state index in [2.05, 4.69) is 34.3 Å². The molecule has 23 heavy (non-hydrogen) atoms. The number of thiazole rings is 1. The van der Waals surface area contributed by atoms with Crippen LogP contribution < -0.4 is 0 Å². The maximum Gasteiger partial charge on any atom is 0.124 e. The van der Waals surface area contributed by atoms with Crippen LogP contribution in [0.1, 0.15) is 33.3 Å². The summed E-state index contributed by atoms with van der Waals surface area (Å²) < 4.78 is 1.26. The lowest BCUT2D eigenvalue weighted by Crippen LogP contribution is -1.75. The second-order valence-corrected chi connectivity index (χ2v) is 5.29. The van der Waals surface area contributed by atoms with E-state index in [1.807, 2.05) is 58.0 Å². The summed E-state index contributed by atoms with van der Waals surface area (Å²) in [7, 11) is 1.67. The fourth-order valence-corrected chi connectivity index (χ4v) is 3.03. The van der Waals surface area contributed by atoms with Crippen molar-refractivity contribution in [3.05, 3.63) is 48.0 Å². The van der Waals surface area contributed by atoms with Gasteiger partial charge in [-0.15, -0.1) is 11.3 Å². The Morgan fingerprint density at radius 3 is 2.13 bits per heavy atom. The molecule has 0 saturated heterocycles. The van der Waals surface area contributed by atoms with Crippen molar-refractivity contribution in [1.29, 1.82) is 0 Å². The zero-order valence-electron chi connectivity index (χ0n) is 14.8. The van der Waals surface area contributed by atoms with Gasteiger partial charge in [0.15, 0.2) is 0 Å². The van der Waals surface area contributed by atoms with Gasteiger partial charge in [-0.1, -0.05) is 39.8 Å². The highest BCUT2D eigenvalue weighted by atomic mass is 32.1. The summed E-state index contributed by atoms with van der Waals surface area (Å²) in [5, 5.41) is 8.82. The van der Waals surface area contributed by atoms with E-state index in [4.69, 9.17) is 0 Å².